The van der Waals surface area contributed by atoms with Gasteiger partial charge in [-0.2, -0.15) is 0 Å². The van der Waals surface area contributed by atoms with Crippen molar-refractivity contribution < 1.29 is 30.4 Å². The molecule has 4 unspecified atom stereocenters. The van der Waals surface area contributed by atoms with Crippen molar-refractivity contribution in [2.45, 2.75) is 36.6 Å². The highest BCUT2D eigenvalue weighted by Gasteiger charge is 2.48. The molecule has 0 aromatic heterocycles. The Morgan fingerprint density at radius 1 is 0.692 bits per heavy atom. The van der Waals surface area contributed by atoms with Gasteiger partial charge < -0.3 is 25.5 Å². The molecular weight excluding hydrogens is 182 g/mol. The topological polar surface area (TPSA) is 136 Å². The quantitative estimate of drug-likeness (QED) is 0.235. The van der Waals surface area contributed by atoms with E-state index in [9.17, 15) is 10.2 Å². The molecule has 1 aliphatic rings. The molecule has 1 saturated carbocycles. The van der Waals surface area contributed by atoms with Crippen molar-refractivity contribution in [3.8, 4) is 0 Å². The minimum atomic E-state index is -1.61. The summed E-state index contributed by atoms with van der Waals surface area (Å²) in [4.78, 5) is 4.17. The van der Waals surface area contributed by atoms with Crippen LogP contribution in [0.3, 0.4) is 0 Å². The third kappa shape index (κ3) is 1.67. The Hall–Kier alpha value is -0.280. The number of aliphatic hydroxyl groups is 5. The lowest BCUT2D eigenvalue weighted by molar-refractivity contribution is -0.236. The first-order chi connectivity index (χ1) is 6.00. The van der Waals surface area contributed by atoms with Crippen LogP contribution in [0.1, 0.15) is 0 Å². The van der Waals surface area contributed by atoms with Crippen LogP contribution in [0.15, 0.2) is 0 Å². The second kappa shape index (κ2) is 3.84. The Kier molecular flexibility index (Phi) is 3.19. The summed E-state index contributed by atoms with van der Waals surface area (Å²) in [6.07, 6.45) is -9.17. The van der Waals surface area contributed by atoms with E-state index in [1.54, 1.807) is 0 Å². The van der Waals surface area contributed by atoms with Gasteiger partial charge in [-0.05, 0) is 0 Å². The number of hydrogen-bond acceptors (Lipinski definition) is 7. The third-order valence-electron chi connectivity index (χ3n) is 2.23. The Bertz CT molecular complexity index is 163. The molecule has 7 N–H and O–H groups in total. The van der Waals surface area contributed by atoms with Gasteiger partial charge in [0.05, 0.1) is 0 Å². The van der Waals surface area contributed by atoms with Crippen molar-refractivity contribution in [2.75, 3.05) is 0 Å². The zero-order chi connectivity index (χ0) is 10.2. The smallest absolute Gasteiger partial charge is 0.136 e. The Morgan fingerprint density at radius 2 is 1.00 bits per heavy atom. The molecule has 4 atom stereocenters. The molecule has 0 spiro atoms. The van der Waals surface area contributed by atoms with Crippen molar-refractivity contribution in [3.05, 3.63) is 0 Å². The van der Waals surface area contributed by atoms with E-state index in [2.05, 4.69) is 4.84 Å². The molecule has 1 rings (SSSR count). The molecule has 0 aromatic rings. The van der Waals surface area contributed by atoms with Crippen molar-refractivity contribution in [1.29, 1.82) is 0 Å². The van der Waals surface area contributed by atoms with Crippen molar-refractivity contribution in [3.63, 3.8) is 0 Å². The van der Waals surface area contributed by atoms with E-state index in [0.717, 1.165) is 0 Å². The van der Waals surface area contributed by atoms with Gasteiger partial charge in [0, 0.05) is 0 Å². The molecule has 0 aliphatic heterocycles. The Morgan fingerprint density at radius 3 is 1.31 bits per heavy atom. The van der Waals surface area contributed by atoms with E-state index in [1.807, 2.05) is 0 Å². The summed E-state index contributed by atoms with van der Waals surface area (Å²) in [7, 11) is 0. The van der Waals surface area contributed by atoms with Crippen LogP contribution >= 0.6 is 0 Å². The van der Waals surface area contributed by atoms with Crippen LogP contribution in [-0.2, 0) is 4.84 Å². The van der Waals surface area contributed by atoms with Crippen LogP contribution in [0.5, 0.6) is 0 Å². The molecule has 7 heteroatoms. The molecule has 0 aromatic carbocycles. The maximum Gasteiger partial charge on any atom is 0.136 e. The number of hydrogen-bond donors (Lipinski definition) is 6. The standard InChI is InChI=1S/C6H13NO6/c7-13-6-4(11)2(9)1(8)3(10)5(6)12/h1-6,8-12H,7H2. The Labute approximate surface area is 73.9 Å². The number of rotatable bonds is 1. The first-order valence-electron chi connectivity index (χ1n) is 3.76. The van der Waals surface area contributed by atoms with Crippen LogP contribution in [0, 0.1) is 0 Å². The van der Waals surface area contributed by atoms with Crippen molar-refractivity contribution >= 4 is 0 Å². The molecular formula is C6H13NO6. The summed E-state index contributed by atoms with van der Waals surface area (Å²) in [5.41, 5.74) is 0. The predicted molar refractivity (Wildman–Crippen MR) is 39.1 cm³/mol. The van der Waals surface area contributed by atoms with Crippen LogP contribution in [0.2, 0.25) is 0 Å². The highest BCUT2D eigenvalue weighted by Crippen LogP contribution is 2.22. The minimum Gasteiger partial charge on any atom is -0.387 e. The van der Waals surface area contributed by atoms with Gasteiger partial charge in [-0.25, -0.2) is 5.90 Å². The molecule has 78 valence electrons. The molecule has 0 amide bonds. The van der Waals surface area contributed by atoms with Crippen molar-refractivity contribution in [1.82, 2.24) is 0 Å². The highest BCUT2D eigenvalue weighted by molar-refractivity contribution is 4.98. The lowest BCUT2D eigenvalue weighted by atomic mass is 9.85. The second-order valence-electron chi connectivity index (χ2n) is 3.05. The molecule has 13 heavy (non-hydrogen) atoms. The minimum absolute atomic E-state index is 1.31. The van der Waals surface area contributed by atoms with Gasteiger partial charge in [-0.15, -0.1) is 0 Å². The van der Waals surface area contributed by atoms with Crippen LogP contribution in [-0.4, -0.2) is 62.2 Å². The molecule has 7 nitrogen and oxygen atoms in total. The van der Waals surface area contributed by atoms with E-state index in [1.165, 1.54) is 0 Å². The summed E-state index contributed by atoms with van der Waals surface area (Å²) < 4.78 is 0. The molecule has 0 radical (unpaired) electrons. The molecule has 0 heterocycles. The zero-order valence-corrected chi connectivity index (χ0v) is 6.69. The number of aliphatic hydroxyl groups excluding tert-OH is 5. The van der Waals surface area contributed by atoms with E-state index in [4.69, 9.17) is 21.2 Å². The normalized spacial score (nSPS) is 52.2. The van der Waals surface area contributed by atoms with E-state index in [0.29, 0.717) is 0 Å². The maximum atomic E-state index is 9.21. The summed E-state index contributed by atoms with van der Waals surface area (Å²) in [6.45, 7) is 0. The van der Waals surface area contributed by atoms with Crippen molar-refractivity contribution in [2.24, 2.45) is 5.90 Å². The van der Waals surface area contributed by atoms with E-state index in [-0.39, 0.29) is 0 Å². The summed E-state index contributed by atoms with van der Waals surface area (Å²) >= 11 is 0. The molecule has 0 saturated heterocycles. The Balaban J connectivity index is 2.79. The summed E-state index contributed by atoms with van der Waals surface area (Å²) in [5.74, 6) is 4.73. The van der Waals surface area contributed by atoms with E-state index < -0.39 is 36.6 Å². The fourth-order valence-electron chi connectivity index (χ4n) is 1.36. The average Bonchev–Trinajstić information content (AvgIpc) is 2.13. The molecule has 1 fully saturated rings. The van der Waals surface area contributed by atoms with Crippen LogP contribution in [0.4, 0.5) is 0 Å². The fourth-order valence-corrected chi connectivity index (χ4v) is 1.36. The fraction of sp³-hybridized carbons (Fsp3) is 1.00. The first kappa shape index (κ1) is 10.8. The summed E-state index contributed by atoms with van der Waals surface area (Å²) in [5, 5.41) is 45.8. The molecule has 0 bridgehead atoms. The average molecular weight is 195 g/mol. The SMILES string of the molecule is NOC1C(O)C(O)C(O)C(O)C1O. The van der Waals surface area contributed by atoms with Gasteiger partial charge >= 0.3 is 0 Å². The largest absolute Gasteiger partial charge is 0.387 e. The van der Waals surface area contributed by atoms with Gasteiger partial charge in [0.25, 0.3) is 0 Å². The van der Waals surface area contributed by atoms with Gasteiger partial charge in [0.15, 0.2) is 0 Å². The molecule has 1 aliphatic carbocycles. The predicted octanol–water partition coefficient (Wildman–Crippen LogP) is -3.94. The van der Waals surface area contributed by atoms with Gasteiger partial charge in [-0.1, -0.05) is 0 Å². The lowest BCUT2D eigenvalue weighted by Crippen LogP contribution is -2.64. The third-order valence-corrected chi connectivity index (χ3v) is 2.23. The monoisotopic (exact) mass is 195 g/mol. The second-order valence-corrected chi connectivity index (χ2v) is 3.05. The van der Waals surface area contributed by atoms with Gasteiger partial charge in [-0.3, -0.25) is 4.84 Å². The van der Waals surface area contributed by atoms with Gasteiger partial charge in [0.2, 0.25) is 0 Å². The maximum absolute atomic E-state index is 9.21. The van der Waals surface area contributed by atoms with Crippen LogP contribution < -0.4 is 5.90 Å². The van der Waals surface area contributed by atoms with Gasteiger partial charge in [0.1, 0.15) is 36.6 Å². The van der Waals surface area contributed by atoms with E-state index >= 15 is 0 Å². The van der Waals surface area contributed by atoms with Crippen LogP contribution in [0.25, 0.3) is 0 Å². The zero-order valence-electron chi connectivity index (χ0n) is 6.69. The summed E-state index contributed by atoms with van der Waals surface area (Å²) in [6, 6.07) is 0. The first-order valence-corrected chi connectivity index (χ1v) is 3.76. The highest BCUT2D eigenvalue weighted by atomic mass is 16.6. The number of nitrogens with two attached hydrogens (primary N) is 1. The lowest BCUT2D eigenvalue weighted by Gasteiger charge is -2.40.